The van der Waals surface area contributed by atoms with Crippen LogP contribution in [0.3, 0.4) is 0 Å². The second-order valence-corrected chi connectivity index (χ2v) is 3.94. The van der Waals surface area contributed by atoms with Crippen LogP contribution in [-0.4, -0.2) is 4.92 Å². The molecule has 0 radical (unpaired) electrons. The van der Waals surface area contributed by atoms with Gasteiger partial charge < -0.3 is 5.73 Å². The van der Waals surface area contributed by atoms with Crippen molar-refractivity contribution >= 4 is 28.3 Å². The lowest BCUT2D eigenvalue weighted by Gasteiger charge is -2.03. The van der Waals surface area contributed by atoms with Gasteiger partial charge in [-0.1, -0.05) is 0 Å². The highest BCUT2D eigenvalue weighted by Crippen LogP contribution is 2.25. The zero-order valence-corrected chi connectivity index (χ0v) is 9.24. The molecule has 1 aromatic rings. The Hall–Kier alpha value is -0.690. The Labute approximate surface area is 89.4 Å². The van der Waals surface area contributed by atoms with Gasteiger partial charge in [-0.05, 0) is 41.6 Å². The lowest BCUT2D eigenvalue weighted by molar-refractivity contribution is -0.386. The number of aryl methyl sites for hydroxylation is 1. The standard InChI is InChI=1S/C8H9IN2O2/c1-5-2-7(9)3-6(4-10)8(5)11(12)13/h2-3H,4,10H2,1H3. The summed E-state index contributed by atoms with van der Waals surface area (Å²) in [6.45, 7) is 1.92. The van der Waals surface area contributed by atoms with E-state index < -0.39 is 0 Å². The van der Waals surface area contributed by atoms with E-state index in [2.05, 4.69) is 22.6 Å². The molecule has 0 aliphatic heterocycles. The molecule has 0 spiro atoms. The molecule has 0 unspecified atom stereocenters. The fraction of sp³-hybridized carbons (Fsp3) is 0.250. The van der Waals surface area contributed by atoms with Crippen molar-refractivity contribution in [2.75, 3.05) is 0 Å². The highest BCUT2D eigenvalue weighted by Gasteiger charge is 2.16. The van der Waals surface area contributed by atoms with Gasteiger partial charge >= 0.3 is 0 Å². The van der Waals surface area contributed by atoms with E-state index in [1.54, 1.807) is 19.1 Å². The van der Waals surface area contributed by atoms with Crippen molar-refractivity contribution in [2.45, 2.75) is 13.5 Å². The van der Waals surface area contributed by atoms with E-state index in [1.165, 1.54) is 0 Å². The van der Waals surface area contributed by atoms with Crippen molar-refractivity contribution in [3.05, 3.63) is 36.9 Å². The third-order valence-electron chi connectivity index (χ3n) is 1.75. The summed E-state index contributed by atoms with van der Waals surface area (Å²) in [5.74, 6) is 0. The van der Waals surface area contributed by atoms with Gasteiger partial charge in [0.1, 0.15) is 0 Å². The van der Waals surface area contributed by atoms with Gasteiger partial charge in [-0.3, -0.25) is 10.1 Å². The summed E-state index contributed by atoms with van der Waals surface area (Å²) >= 11 is 2.12. The van der Waals surface area contributed by atoms with E-state index in [0.717, 1.165) is 3.57 Å². The number of benzene rings is 1. The molecule has 0 aliphatic carbocycles. The first kappa shape index (κ1) is 10.4. The van der Waals surface area contributed by atoms with Gasteiger partial charge in [-0.25, -0.2) is 0 Å². The van der Waals surface area contributed by atoms with Crippen molar-refractivity contribution in [1.29, 1.82) is 0 Å². The monoisotopic (exact) mass is 292 g/mol. The first-order valence-electron chi connectivity index (χ1n) is 3.69. The molecule has 0 heterocycles. The maximum atomic E-state index is 10.7. The number of nitro benzene ring substituents is 1. The summed E-state index contributed by atoms with van der Waals surface area (Å²) in [5.41, 5.74) is 6.82. The minimum Gasteiger partial charge on any atom is -0.326 e. The van der Waals surface area contributed by atoms with Crippen LogP contribution in [-0.2, 0) is 6.54 Å². The predicted molar refractivity (Wildman–Crippen MR) is 58.4 cm³/mol. The SMILES string of the molecule is Cc1cc(I)cc(CN)c1[N+](=O)[O-]. The van der Waals surface area contributed by atoms with Crippen molar-refractivity contribution in [3.8, 4) is 0 Å². The summed E-state index contributed by atoms with van der Waals surface area (Å²) < 4.78 is 0.973. The fourth-order valence-electron chi connectivity index (χ4n) is 1.22. The number of rotatable bonds is 2. The van der Waals surface area contributed by atoms with Crippen LogP contribution in [0.5, 0.6) is 0 Å². The molecule has 1 rings (SSSR count). The molecule has 0 amide bonds. The molecule has 0 aliphatic rings. The minimum atomic E-state index is -0.381. The molecule has 0 fully saturated rings. The Bertz CT molecular complexity index is 352. The van der Waals surface area contributed by atoms with E-state index in [1.807, 2.05) is 0 Å². The highest BCUT2D eigenvalue weighted by molar-refractivity contribution is 14.1. The number of nitrogens with zero attached hydrogens (tertiary/aromatic N) is 1. The average Bonchev–Trinajstić information content (AvgIpc) is 2.01. The predicted octanol–water partition coefficient (Wildman–Crippen LogP) is 1.97. The third-order valence-corrected chi connectivity index (χ3v) is 2.37. The van der Waals surface area contributed by atoms with Gasteiger partial charge in [0, 0.05) is 21.2 Å². The van der Waals surface area contributed by atoms with Crippen molar-refractivity contribution < 1.29 is 4.92 Å². The van der Waals surface area contributed by atoms with Gasteiger partial charge in [0.2, 0.25) is 0 Å². The van der Waals surface area contributed by atoms with Crippen LogP contribution in [0.2, 0.25) is 0 Å². The molecule has 70 valence electrons. The van der Waals surface area contributed by atoms with Crippen LogP contribution in [0, 0.1) is 20.6 Å². The fourth-order valence-corrected chi connectivity index (χ4v) is 2.06. The normalized spacial score (nSPS) is 10.1. The zero-order valence-electron chi connectivity index (χ0n) is 7.08. The van der Waals surface area contributed by atoms with E-state index in [4.69, 9.17) is 5.73 Å². The van der Waals surface area contributed by atoms with Gasteiger partial charge in [0.25, 0.3) is 5.69 Å². The first-order valence-corrected chi connectivity index (χ1v) is 4.77. The Morgan fingerprint density at radius 2 is 2.23 bits per heavy atom. The summed E-state index contributed by atoms with van der Waals surface area (Å²) in [6.07, 6.45) is 0. The summed E-state index contributed by atoms with van der Waals surface area (Å²) in [5, 5.41) is 10.7. The maximum Gasteiger partial charge on any atom is 0.276 e. The van der Waals surface area contributed by atoms with E-state index in [0.29, 0.717) is 11.1 Å². The molecule has 5 heteroatoms. The third kappa shape index (κ3) is 2.16. The molecule has 1 aromatic carbocycles. The van der Waals surface area contributed by atoms with Crippen molar-refractivity contribution in [1.82, 2.24) is 0 Å². The largest absolute Gasteiger partial charge is 0.326 e. The van der Waals surface area contributed by atoms with Gasteiger partial charge in [0.05, 0.1) is 4.92 Å². The second kappa shape index (κ2) is 4.01. The number of nitro groups is 1. The Morgan fingerprint density at radius 3 is 2.69 bits per heavy atom. The molecule has 13 heavy (non-hydrogen) atoms. The summed E-state index contributed by atoms with van der Waals surface area (Å²) in [7, 11) is 0. The van der Waals surface area contributed by atoms with Crippen LogP contribution < -0.4 is 5.73 Å². The lowest BCUT2D eigenvalue weighted by atomic mass is 10.1. The van der Waals surface area contributed by atoms with Crippen LogP contribution in [0.1, 0.15) is 11.1 Å². The molecule has 0 aromatic heterocycles. The molecule has 2 N–H and O–H groups in total. The zero-order chi connectivity index (χ0) is 10.0. The van der Waals surface area contributed by atoms with E-state index in [-0.39, 0.29) is 17.2 Å². The number of hydrogen-bond donors (Lipinski definition) is 1. The summed E-state index contributed by atoms with van der Waals surface area (Å²) in [4.78, 5) is 10.3. The average molecular weight is 292 g/mol. The van der Waals surface area contributed by atoms with Gasteiger partial charge in [-0.2, -0.15) is 0 Å². The molecule has 0 saturated heterocycles. The lowest BCUT2D eigenvalue weighted by Crippen LogP contribution is -2.04. The highest BCUT2D eigenvalue weighted by atomic mass is 127. The molecule has 0 bridgehead atoms. The summed E-state index contributed by atoms with van der Waals surface area (Å²) in [6, 6.07) is 3.52. The van der Waals surface area contributed by atoms with Gasteiger partial charge in [-0.15, -0.1) is 0 Å². The number of halogens is 1. The van der Waals surface area contributed by atoms with E-state index in [9.17, 15) is 10.1 Å². The molecular formula is C8H9IN2O2. The molecule has 0 saturated carbocycles. The first-order chi connectivity index (χ1) is 6.06. The quantitative estimate of drug-likeness (QED) is 0.514. The van der Waals surface area contributed by atoms with E-state index >= 15 is 0 Å². The molecule has 0 atom stereocenters. The Morgan fingerprint density at radius 1 is 1.62 bits per heavy atom. The second-order valence-electron chi connectivity index (χ2n) is 2.69. The number of hydrogen-bond acceptors (Lipinski definition) is 3. The van der Waals surface area contributed by atoms with Crippen LogP contribution >= 0.6 is 22.6 Å². The number of nitrogens with two attached hydrogens (primary N) is 1. The molecular weight excluding hydrogens is 283 g/mol. The smallest absolute Gasteiger partial charge is 0.276 e. The van der Waals surface area contributed by atoms with Gasteiger partial charge in [0.15, 0.2) is 0 Å². The Balaban J connectivity index is 3.38. The maximum absolute atomic E-state index is 10.7. The van der Waals surface area contributed by atoms with Crippen LogP contribution in [0.25, 0.3) is 0 Å². The van der Waals surface area contributed by atoms with Crippen molar-refractivity contribution in [3.63, 3.8) is 0 Å². The molecule has 4 nitrogen and oxygen atoms in total. The topological polar surface area (TPSA) is 69.2 Å². The Kier molecular flexibility index (Phi) is 3.21. The van der Waals surface area contributed by atoms with Crippen LogP contribution in [0.4, 0.5) is 5.69 Å². The minimum absolute atomic E-state index is 0.142. The van der Waals surface area contributed by atoms with Crippen LogP contribution in [0.15, 0.2) is 12.1 Å². The van der Waals surface area contributed by atoms with Crippen molar-refractivity contribution in [2.24, 2.45) is 5.73 Å².